The van der Waals surface area contributed by atoms with E-state index in [1.807, 2.05) is 0 Å². The second-order valence-electron chi connectivity index (χ2n) is 12.6. The SMILES string of the molecule is O=C1CCC(N2C(=O)c3cccc(SCCOCCOCC(=O)Nc4cc5c(Nc6ccc(F)c(Cl)c6)ncnc5cc4O[C@H]4CCOC4)c3C2=O)C(=O)N1. The number of thioether (sulfide) groups is 1. The van der Waals surface area contributed by atoms with Crippen molar-refractivity contribution in [2.24, 2.45) is 0 Å². The fourth-order valence-corrected chi connectivity index (χ4v) is 7.38. The molecule has 0 radical (unpaired) electrons. The molecule has 2 fully saturated rings. The van der Waals surface area contributed by atoms with Crippen LogP contribution in [0.1, 0.15) is 40.0 Å². The van der Waals surface area contributed by atoms with E-state index >= 15 is 0 Å². The number of imide groups is 2. The van der Waals surface area contributed by atoms with Gasteiger partial charge in [-0.2, -0.15) is 0 Å². The number of benzene rings is 3. The Morgan fingerprint density at radius 1 is 1.04 bits per heavy atom. The largest absolute Gasteiger partial charge is 0.486 e. The predicted octanol–water partition coefficient (Wildman–Crippen LogP) is 4.50. The van der Waals surface area contributed by atoms with Gasteiger partial charge in [0.05, 0.1) is 60.4 Å². The summed E-state index contributed by atoms with van der Waals surface area (Å²) in [6.45, 7) is 1.29. The van der Waals surface area contributed by atoms with E-state index < -0.39 is 41.4 Å². The summed E-state index contributed by atoms with van der Waals surface area (Å²) in [6, 6.07) is 11.5. The summed E-state index contributed by atoms with van der Waals surface area (Å²) in [4.78, 5) is 73.6. The van der Waals surface area contributed by atoms with Crippen molar-refractivity contribution >= 4 is 81.0 Å². The minimum Gasteiger partial charge on any atom is -0.486 e. The third kappa shape index (κ3) is 8.71. The van der Waals surface area contributed by atoms with Crippen molar-refractivity contribution in [2.75, 3.05) is 56.0 Å². The number of nitrogens with one attached hydrogen (secondary N) is 3. The molecule has 3 aromatic carbocycles. The number of rotatable bonds is 15. The van der Waals surface area contributed by atoms with Gasteiger partial charge in [0, 0.05) is 40.6 Å². The molecular formula is C37H34ClFN6O9S. The fourth-order valence-electron chi connectivity index (χ4n) is 6.26. The second kappa shape index (κ2) is 17.1. The Balaban J connectivity index is 0.905. The first-order chi connectivity index (χ1) is 26.7. The van der Waals surface area contributed by atoms with E-state index in [1.54, 1.807) is 30.3 Å². The molecule has 2 atom stereocenters. The van der Waals surface area contributed by atoms with Crippen LogP contribution in [-0.4, -0.2) is 102 Å². The van der Waals surface area contributed by atoms with Crippen LogP contribution in [0, 0.1) is 5.82 Å². The van der Waals surface area contributed by atoms with Gasteiger partial charge in [0.1, 0.15) is 42.5 Å². The van der Waals surface area contributed by atoms with Crippen molar-refractivity contribution in [3.8, 4) is 5.75 Å². The highest BCUT2D eigenvalue weighted by molar-refractivity contribution is 7.99. The number of nitrogens with zero attached hydrogens (tertiary/aromatic N) is 3. The lowest BCUT2D eigenvalue weighted by Crippen LogP contribution is -2.54. The topological polar surface area (TPSA) is 187 Å². The minimum atomic E-state index is -1.04. The Bertz CT molecular complexity index is 2170. The number of aromatic nitrogens is 2. The minimum absolute atomic E-state index is 0.0420. The molecule has 3 aliphatic rings. The molecule has 55 heavy (non-hydrogen) atoms. The highest BCUT2D eigenvalue weighted by atomic mass is 35.5. The maximum Gasteiger partial charge on any atom is 0.263 e. The van der Waals surface area contributed by atoms with Crippen LogP contribution in [0.3, 0.4) is 0 Å². The smallest absolute Gasteiger partial charge is 0.263 e. The monoisotopic (exact) mass is 792 g/mol. The zero-order chi connectivity index (χ0) is 38.5. The van der Waals surface area contributed by atoms with Crippen molar-refractivity contribution in [3.05, 3.63) is 76.8 Å². The molecule has 15 nitrogen and oxygen atoms in total. The molecule has 1 unspecified atom stereocenters. The van der Waals surface area contributed by atoms with Gasteiger partial charge in [-0.15, -0.1) is 11.8 Å². The average Bonchev–Trinajstić information content (AvgIpc) is 3.77. The molecular weight excluding hydrogens is 759 g/mol. The van der Waals surface area contributed by atoms with Crippen LogP contribution in [0.25, 0.3) is 10.9 Å². The van der Waals surface area contributed by atoms with E-state index in [2.05, 4.69) is 25.9 Å². The van der Waals surface area contributed by atoms with E-state index in [9.17, 15) is 28.4 Å². The molecule has 0 bridgehead atoms. The highest BCUT2D eigenvalue weighted by Gasteiger charge is 2.45. The van der Waals surface area contributed by atoms with Crippen molar-refractivity contribution in [3.63, 3.8) is 0 Å². The zero-order valence-corrected chi connectivity index (χ0v) is 30.7. The van der Waals surface area contributed by atoms with Crippen LogP contribution in [0.4, 0.5) is 21.6 Å². The highest BCUT2D eigenvalue weighted by Crippen LogP contribution is 2.36. The summed E-state index contributed by atoms with van der Waals surface area (Å²) in [5.74, 6) is -1.99. The third-order valence-electron chi connectivity index (χ3n) is 8.89. The molecule has 4 aromatic rings. The van der Waals surface area contributed by atoms with Gasteiger partial charge >= 0.3 is 0 Å². The van der Waals surface area contributed by atoms with E-state index in [-0.39, 0.29) is 61.5 Å². The first kappa shape index (κ1) is 38.1. The number of hydrogen-bond acceptors (Lipinski definition) is 13. The summed E-state index contributed by atoms with van der Waals surface area (Å²) >= 11 is 7.29. The van der Waals surface area contributed by atoms with Crippen molar-refractivity contribution in [1.82, 2.24) is 20.2 Å². The summed E-state index contributed by atoms with van der Waals surface area (Å²) in [5, 5.41) is 8.67. The maximum absolute atomic E-state index is 13.7. The summed E-state index contributed by atoms with van der Waals surface area (Å²) in [6.07, 6.45) is 1.97. The van der Waals surface area contributed by atoms with Crippen LogP contribution >= 0.6 is 23.4 Å². The van der Waals surface area contributed by atoms with E-state index in [4.69, 9.17) is 30.5 Å². The lowest BCUT2D eigenvalue weighted by atomic mass is 10.0. The molecule has 0 aliphatic carbocycles. The summed E-state index contributed by atoms with van der Waals surface area (Å²) < 4.78 is 36.6. The lowest BCUT2D eigenvalue weighted by molar-refractivity contribution is -0.136. The van der Waals surface area contributed by atoms with Crippen LogP contribution in [0.2, 0.25) is 5.02 Å². The number of anilines is 3. The first-order valence-corrected chi connectivity index (χ1v) is 18.7. The van der Waals surface area contributed by atoms with Crippen LogP contribution < -0.4 is 20.7 Å². The van der Waals surface area contributed by atoms with Crippen LogP contribution in [0.5, 0.6) is 5.75 Å². The lowest BCUT2D eigenvalue weighted by Gasteiger charge is -2.27. The quantitative estimate of drug-likeness (QED) is 0.0869. The molecule has 7 rings (SSSR count). The Morgan fingerprint density at radius 2 is 1.89 bits per heavy atom. The van der Waals surface area contributed by atoms with Gasteiger partial charge < -0.3 is 29.6 Å². The van der Waals surface area contributed by atoms with Gasteiger partial charge in [0.25, 0.3) is 11.8 Å². The van der Waals surface area contributed by atoms with Gasteiger partial charge in [-0.1, -0.05) is 17.7 Å². The molecule has 1 aromatic heterocycles. The number of amides is 5. The molecule has 3 aliphatic heterocycles. The molecule has 4 heterocycles. The van der Waals surface area contributed by atoms with Crippen LogP contribution in [0.15, 0.2) is 59.8 Å². The normalized spacial score (nSPS) is 18.1. The van der Waals surface area contributed by atoms with Gasteiger partial charge in [-0.05, 0) is 42.8 Å². The van der Waals surface area contributed by atoms with Gasteiger partial charge in [0.2, 0.25) is 17.7 Å². The summed E-state index contributed by atoms with van der Waals surface area (Å²) in [5.41, 5.74) is 1.84. The number of fused-ring (bicyclic) bond motifs is 2. The molecule has 286 valence electrons. The van der Waals surface area contributed by atoms with Crippen LogP contribution in [-0.2, 0) is 28.6 Å². The number of piperidine rings is 1. The zero-order valence-electron chi connectivity index (χ0n) is 29.1. The van der Waals surface area contributed by atoms with Gasteiger partial charge in [-0.3, -0.25) is 34.2 Å². The molecule has 0 spiro atoms. The van der Waals surface area contributed by atoms with E-state index in [0.29, 0.717) is 64.1 Å². The maximum atomic E-state index is 13.7. The van der Waals surface area contributed by atoms with Crippen molar-refractivity contribution in [1.29, 1.82) is 0 Å². The van der Waals surface area contributed by atoms with Gasteiger partial charge in [0.15, 0.2) is 0 Å². The number of carbonyl (C=O) groups excluding carboxylic acids is 5. The average molecular weight is 793 g/mol. The van der Waals surface area contributed by atoms with E-state index in [0.717, 1.165) is 4.90 Å². The first-order valence-electron chi connectivity index (χ1n) is 17.3. The van der Waals surface area contributed by atoms with Gasteiger partial charge in [-0.25, -0.2) is 14.4 Å². The second-order valence-corrected chi connectivity index (χ2v) is 14.2. The summed E-state index contributed by atoms with van der Waals surface area (Å²) in [7, 11) is 0. The number of hydrogen-bond donors (Lipinski definition) is 3. The molecule has 18 heteroatoms. The van der Waals surface area contributed by atoms with Crippen molar-refractivity contribution in [2.45, 2.75) is 36.3 Å². The van der Waals surface area contributed by atoms with E-state index in [1.165, 1.54) is 36.3 Å². The fraction of sp³-hybridized carbons (Fsp3) is 0.324. The molecule has 2 saturated heterocycles. The Labute approximate surface area is 322 Å². The molecule has 3 N–H and O–H groups in total. The number of carbonyl (C=O) groups is 5. The number of halogens is 2. The molecule has 5 amide bonds. The Hall–Kier alpha value is -5.20. The Kier molecular flexibility index (Phi) is 11.8. The Morgan fingerprint density at radius 3 is 2.69 bits per heavy atom. The number of ether oxygens (including phenoxy) is 4. The molecule has 0 saturated carbocycles. The predicted molar refractivity (Wildman–Crippen MR) is 198 cm³/mol. The van der Waals surface area contributed by atoms with Crippen molar-refractivity contribution < 1.29 is 47.3 Å². The standard InChI is InChI=1S/C37H34ClFN6O9S/c38-24-14-20(4-5-25(24)39)42-34-23-15-27(29(16-26(23)40-19-41-34)54-21-8-9-52-17-21)43-32(47)18-53-11-10-51-12-13-55-30-3-1-2-22-33(30)37(50)45(36(22)49)28-6-7-31(46)44-35(28)48/h1-5,14-16,19,21,28H,6-13,17-18H2,(H,43,47)(H,40,41,42)(H,44,46,48)/t21-,28?/m0/s1. The third-order valence-corrected chi connectivity index (χ3v) is 10.2.